The Bertz CT molecular complexity index is 878. The van der Waals surface area contributed by atoms with Crippen molar-refractivity contribution in [1.29, 1.82) is 0 Å². The van der Waals surface area contributed by atoms with Gasteiger partial charge in [0.1, 0.15) is 5.57 Å². The number of aliphatic carboxylic acids is 2. The molecule has 30 heavy (non-hydrogen) atoms. The van der Waals surface area contributed by atoms with Gasteiger partial charge in [0.25, 0.3) is 0 Å². The van der Waals surface area contributed by atoms with E-state index in [4.69, 9.17) is 0 Å². The van der Waals surface area contributed by atoms with Gasteiger partial charge in [-0.3, -0.25) is 0 Å². The third-order valence-electron chi connectivity index (χ3n) is 4.75. The summed E-state index contributed by atoms with van der Waals surface area (Å²) in [5.41, 5.74) is 3.42. The molecule has 4 heteroatoms. The van der Waals surface area contributed by atoms with Gasteiger partial charge in [0.05, 0.1) is 0 Å². The summed E-state index contributed by atoms with van der Waals surface area (Å²) in [4.78, 5) is 24.0. The predicted octanol–water partition coefficient (Wildman–Crippen LogP) is 6.05. The van der Waals surface area contributed by atoms with Gasteiger partial charge in [-0.25, -0.2) is 9.59 Å². The fourth-order valence-corrected chi connectivity index (χ4v) is 3.64. The van der Waals surface area contributed by atoms with Crippen molar-refractivity contribution >= 4 is 17.5 Å². The van der Waals surface area contributed by atoms with E-state index in [0.717, 1.165) is 22.3 Å². The topological polar surface area (TPSA) is 74.6 Å². The molecule has 0 amide bonds. The molecule has 2 N–H and O–H groups in total. The van der Waals surface area contributed by atoms with Gasteiger partial charge in [0.2, 0.25) is 0 Å². The highest BCUT2D eigenvalue weighted by Gasteiger charge is 2.27. The summed E-state index contributed by atoms with van der Waals surface area (Å²) in [6.45, 7) is 8.06. The number of carbonyl (C=O) groups is 2. The molecule has 0 radical (unpaired) electrons. The van der Waals surface area contributed by atoms with Gasteiger partial charge >= 0.3 is 11.9 Å². The van der Waals surface area contributed by atoms with Crippen LogP contribution in [0.2, 0.25) is 0 Å². The molecule has 0 fully saturated rings. The van der Waals surface area contributed by atoms with Crippen molar-refractivity contribution in [3.63, 3.8) is 0 Å². The van der Waals surface area contributed by atoms with Crippen molar-refractivity contribution in [2.24, 2.45) is 11.8 Å². The molecule has 2 rings (SSSR count). The summed E-state index contributed by atoms with van der Waals surface area (Å²) in [6.07, 6.45) is 0.949. The Hall–Kier alpha value is -3.14. The Morgan fingerprint density at radius 3 is 1.37 bits per heavy atom. The Balaban J connectivity index is 3.01. The smallest absolute Gasteiger partial charge is 0.343 e. The van der Waals surface area contributed by atoms with Crippen molar-refractivity contribution in [3.8, 4) is 0 Å². The van der Waals surface area contributed by atoms with Crippen molar-refractivity contribution in [1.82, 2.24) is 0 Å². The van der Waals surface area contributed by atoms with Crippen LogP contribution in [0.4, 0.5) is 0 Å². The number of carboxylic acids is 2. The molecule has 0 bridgehead atoms. The Morgan fingerprint density at radius 2 is 1.03 bits per heavy atom. The predicted molar refractivity (Wildman–Crippen MR) is 120 cm³/mol. The Kier molecular flexibility index (Phi) is 8.16. The molecule has 0 aliphatic rings. The van der Waals surface area contributed by atoms with Crippen LogP contribution in [0, 0.1) is 11.8 Å². The first-order valence-corrected chi connectivity index (χ1v) is 10.3. The highest BCUT2D eigenvalue weighted by atomic mass is 16.4. The number of hydrogen-bond acceptors (Lipinski definition) is 2. The summed E-state index contributed by atoms with van der Waals surface area (Å²) < 4.78 is 0. The lowest BCUT2D eigenvalue weighted by molar-refractivity contribution is -0.140. The van der Waals surface area contributed by atoms with Crippen LogP contribution in [0.3, 0.4) is 0 Å². The SMILES string of the molecule is CC(C)CC(C(CC(C)C)=C(c1ccccc1)c1ccccc1)=C(C(=O)O)C(=O)O. The average molecular weight is 407 g/mol. The maximum absolute atomic E-state index is 12.0. The standard InChI is InChI=1S/C26H30O4/c1-17(2)15-21(22(16-18(3)4)24(25(27)28)26(29)30)23(19-11-7-5-8-12-19)20-13-9-6-10-14-20/h5-14,17-18H,15-16H2,1-4H3,(H,27,28)(H,29,30). The highest BCUT2D eigenvalue weighted by Crippen LogP contribution is 2.37. The molecule has 0 spiro atoms. The minimum absolute atomic E-state index is 0.101. The van der Waals surface area contributed by atoms with Crippen LogP contribution < -0.4 is 0 Å². The molecule has 0 saturated carbocycles. The van der Waals surface area contributed by atoms with Crippen LogP contribution in [0.1, 0.15) is 51.7 Å². The number of hydrogen-bond donors (Lipinski definition) is 2. The van der Waals surface area contributed by atoms with E-state index in [1.54, 1.807) is 0 Å². The molecule has 0 atom stereocenters. The first kappa shape index (κ1) is 23.1. The first-order chi connectivity index (χ1) is 14.2. The lowest BCUT2D eigenvalue weighted by Gasteiger charge is -2.23. The first-order valence-electron chi connectivity index (χ1n) is 10.3. The van der Waals surface area contributed by atoms with Crippen LogP contribution in [0.25, 0.3) is 5.57 Å². The average Bonchev–Trinajstić information content (AvgIpc) is 2.67. The summed E-state index contributed by atoms with van der Waals surface area (Å²) in [5, 5.41) is 19.5. The van der Waals surface area contributed by atoms with Gasteiger partial charge in [0.15, 0.2) is 0 Å². The van der Waals surface area contributed by atoms with Gasteiger partial charge in [0, 0.05) is 0 Å². The van der Waals surface area contributed by atoms with Gasteiger partial charge in [-0.05, 0) is 52.5 Å². The Morgan fingerprint density at radius 1 is 0.667 bits per heavy atom. The number of benzene rings is 2. The van der Waals surface area contributed by atoms with E-state index in [0.29, 0.717) is 18.4 Å². The van der Waals surface area contributed by atoms with Crippen molar-refractivity contribution in [2.75, 3.05) is 0 Å². The zero-order valence-corrected chi connectivity index (χ0v) is 18.1. The van der Waals surface area contributed by atoms with Crippen LogP contribution in [-0.2, 0) is 9.59 Å². The van der Waals surface area contributed by atoms with Gasteiger partial charge in [-0.1, -0.05) is 88.4 Å². The largest absolute Gasteiger partial charge is 0.477 e. The molecular weight excluding hydrogens is 376 g/mol. The van der Waals surface area contributed by atoms with Crippen LogP contribution in [0.5, 0.6) is 0 Å². The molecular formula is C26H30O4. The second kappa shape index (κ2) is 10.6. The highest BCUT2D eigenvalue weighted by molar-refractivity contribution is 6.14. The fourth-order valence-electron chi connectivity index (χ4n) is 3.64. The number of allylic oxidation sites excluding steroid dienone is 2. The van der Waals surface area contributed by atoms with E-state index in [9.17, 15) is 19.8 Å². The van der Waals surface area contributed by atoms with Gasteiger partial charge in [-0.15, -0.1) is 0 Å². The minimum Gasteiger partial charge on any atom is -0.477 e. The maximum atomic E-state index is 12.0. The Labute approximate surface area is 178 Å². The molecule has 0 aromatic heterocycles. The maximum Gasteiger partial charge on any atom is 0.343 e. The molecule has 0 unspecified atom stereocenters. The van der Waals surface area contributed by atoms with Crippen LogP contribution >= 0.6 is 0 Å². The van der Waals surface area contributed by atoms with E-state index in [2.05, 4.69) is 13.8 Å². The van der Waals surface area contributed by atoms with Gasteiger partial charge in [-0.2, -0.15) is 0 Å². The monoisotopic (exact) mass is 406 g/mol. The summed E-state index contributed by atoms with van der Waals surface area (Å²) in [6, 6.07) is 19.5. The molecule has 2 aromatic rings. The van der Waals surface area contributed by atoms with Crippen molar-refractivity contribution in [3.05, 3.63) is 88.5 Å². The lowest BCUT2D eigenvalue weighted by Crippen LogP contribution is -2.18. The van der Waals surface area contributed by atoms with E-state index >= 15 is 0 Å². The number of carboxylic acid groups (broad SMARTS) is 2. The molecule has 0 heterocycles. The molecule has 4 nitrogen and oxygen atoms in total. The zero-order valence-electron chi connectivity index (χ0n) is 18.1. The zero-order chi connectivity index (χ0) is 22.3. The lowest BCUT2D eigenvalue weighted by atomic mass is 9.81. The molecule has 158 valence electrons. The van der Waals surface area contributed by atoms with Crippen LogP contribution in [-0.4, -0.2) is 22.2 Å². The van der Waals surface area contributed by atoms with E-state index in [-0.39, 0.29) is 11.8 Å². The third-order valence-corrected chi connectivity index (χ3v) is 4.75. The second-order valence-electron chi connectivity index (χ2n) is 8.25. The number of rotatable bonds is 9. The summed E-state index contributed by atoms with van der Waals surface area (Å²) in [7, 11) is 0. The summed E-state index contributed by atoms with van der Waals surface area (Å²) >= 11 is 0. The molecule has 0 aliphatic carbocycles. The van der Waals surface area contributed by atoms with E-state index < -0.39 is 17.5 Å². The van der Waals surface area contributed by atoms with Crippen molar-refractivity contribution in [2.45, 2.75) is 40.5 Å². The van der Waals surface area contributed by atoms with E-state index in [1.165, 1.54) is 0 Å². The molecule has 0 saturated heterocycles. The van der Waals surface area contributed by atoms with E-state index in [1.807, 2.05) is 74.5 Å². The normalized spacial score (nSPS) is 10.7. The van der Waals surface area contributed by atoms with Crippen molar-refractivity contribution < 1.29 is 19.8 Å². The molecule has 2 aromatic carbocycles. The molecule has 0 aliphatic heterocycles. The van der Waals surface area contributed by atoms with Crippen LogP contribution in [0.15, 0.2) is 77.4 Å². The minimum atomic E-state index is -1.40. The third kappa shape index (κ3) is 5.93. The second-order valence-corrected chi connectivity index (χ2v) is 8.25. The van der Waals surface area contributed by atoms with Gasteiger partial charge < -0.3 is 10.2 Å². The quantitative estimate of drug-likeness (QED) is 0.230. The fraction of sp³-hybridized carbons (Fsp3) is 0.308. The summed E-state index contributed by atoms with van der Waals surface area (Å²) in [5.74, 6) is -2.49.